The third-order valence-corrected chi connectivity index (χ3v) is 5.09. The molecule has 0 aliphatic heterocycles. The molecule has 0 heterocycles. The van der Waals surface area contributed by atoms with Gasteiger partial charge in [-0.1, -0.05) is 91.1 Å². The van der Waals surface area contributed by atoms with E-state index in [-0.39, 0.29) is 10.8 Å². The van der Waals surface area contributed by atoms with Crippen LogP contribution in [0.3, 0.4) is 0 Å². The van der Waals surface area contributed by atoms with Gasteiger partial charge in [-0.05, 0) is 46.6 Å². The van der Waals surface area contributed by atoms with Crippen molar-refractivity contribution in [3.05, 3.63) is 59.7 Å². The minimum atomic E-state index is 0.185. The number of para-hydroxylation sites is 1. The third kappa shape index (κ3) is 5.36. The van der Waals surface area contributed by atoms with E-state index in [4.69, 9.17) is 0 Å². The number of hydrogen-bond acceptors (Lipinski definition) is 1. The third-order valence-electron chi connectivity index (χ3n) is 5.09. The van der Waals surface area contributed by atoms with Gasteiger partial charge in [0.2, 0.25) is 0 Å². The van der Waals surface area contributed by atoms with Gasteiger partial charge in [0, 0.05) is 11.4 Å². The molecule has 0 aliphatic carbocycles. The van der Waals surface area contributed by atoms with Crippen LogP contribution >= 0.6 is 0 Å². The van der Waals surface area contributed by atoms with Gasteiger partial charge in [-0.15, -0.1) is 0 Å². The van der Waals surface area contributed by atoms with Crippen molar-refractivity contribution in [1.29, 1.82) is 0 Å². The lowest BCUT2D eigenvalue weighted by Gasteiger charge is -2.28. The first-order chi connectivity index (χ1) is 11.7. The fourth-order valence-electron chi connectivity index (χ4n) is 3.34. The lowest BCUT2D eigenvalue weighted by atomic mass is 9.79. The van der Waals surface area contributed by atoms with E-state index in [1.54, 1.807) is 0 Å². The van der Waals surface area contributed by atoms with Crippen LogP contribution in [0.5, 0.6) is 0 Å². The van der Waals surface area contributed by atoms with Gasteiger partial charge in [-0.3, -0.25) is 0 Å². The van der Waals surface area contributed by atoms with Crippen LogP contribution in [0.2, 0.25) is 0 Å². The predicted molar refractivity (Wildman–Crippen MR) is 112 cm³/mol. The van der Waals surface area contributed by atoms with E-state index in [9.17, 15) is 0 Å². The van der Waals surface area contributed by atoms with E-state index in [0.717, 1.165) is 5.69 Å². The van der Waals surface area contributed by atoms with Crippen LogP contribution in [-0.4, -0.2) is 0 Å². The summed E-state index contributed by atoms with van der Waals surface area (Å²) in [6.45, 7) is 13.8. The molecule has 1 nitrogen and oxygen atoms in total. The number of benzene rings is 2. The second-order valence-electron chi connectivity index (χ2n) is 8.84. The molecule has 0 atom stereocenters. The van der Waals surface area contributed by atoms with Gasteiger partial charge in [0.15, 0.2) is 0 Å². The van der Waals surface area contributed by atoms with E-state index >= 15 is 0 Å². The zero-order valence-electron chi connectivity index (χ0n) is 16.9. The molecule has 1 heteroatoms. The molecule has 25 heavy (non-hydrogen) atoms. The van der Waals surface area contributed by atoms with Crippen LogP contribution in [0, 0.1) is 0 Å². The zero-order chi connectivity index (χ0) is 18.5. The summed E-state index contributed by atoms with van der Waals surface area (Å²) in [5, 5.41) is 3.65. The van der Waals surface area contributed by atoms with E-state index < -0.39 is 0 Å². The first-order valence-corrected chi connectivity index (χ1v) is 9.71. The molecular formula is C24H35N. The maximum absolute atomic E-state index is 3.65. The Balaban J connectivity index is 2.20. The molecular weight excluding hydrogens is 302 g/mol. The number of rotatable bonds is 7. The van der Waals surface area contributed by atoms with Crippen molar-refractivity contribution < 1.29 is 0 Å². The maximum atomic E-state index is 3.65. The summed E-state index contributed by atoms with van der Waals surface area (Å²) in [5.74, 6) is 0. The number of anilines is 2. The van der Waals surface area contributed by atoms with E-state index in [0.29, 0.717) is 0 Å². The molecule has 0 aliphatic rings. The van der Waals surface area contributed by atoms with Gasteiger partial charge in [0.1, 0.15) is 0 Å². The van der Waals surface area contributed by atoms with E-state index in [1.165, 1.54) is 42.5 Å². The minimum Gasteiger partial charge on any atom is -0.355 e. The van der Waals surface area contributed by atoms with Crippen molar-refractivity contribution in [3.63, 3.8) is 0 Å². The Morgan fingerprint density at radius 1 is 0.800 bits per heavy atom. The Morgan fingerprint density at radius 2 is 1.44 bits per heavy atom. The van der Waals surface area contributed by atoms with Gasteiger partial charge in [-0.2, -0.15) is 0 Å². The molecule has 0 saturated heterocycles. The highest BCUT2D eigenvalue weighted by Gasteiger charge is 2.23. The Labute approximate surface area is 154 Å². The van der Waals surface area contributed by atoms with Crippen LogP contribution in [0.15, 0.2) is 48.5 Å². The van der Waals surface area contributed by atoms with Crippen molar-refractivity contribution in [1.82, 2.24) is 0 Å². The van der Waals surface area contributed by atoms with Crippen molar-refractivity contribution >= 4 is 11.4 Å². The quantitative estimate of drug-likeness (QED) is 0.513. The molecule has 0 bridgehead atoms. The van der Waals surface area contributed by atoms with Gasteiger partial charge in [0.25, 0.3) is 0 Å². The Hall–Kier alpha value is -1.76. The van der Waals surface area contributed by atoms with Crippen LogP contribution in [-0.2, 0) is 10.8 Å². The molecule has 1 N–H and O–H groups in total. The topological polar surface area (TPSA) is 12.0 Å². The highest BCUT2D eigenvalue weighted by atomic mass is 14.9. The molecule has 0 saturated carbocycles. The summed E-state index contributed by atoms with van der Waals surface area (Å²) in [6.07, 6.45) is 5.10. The second kappa shape index (κ2) is 8.08. The molecule has 0 unspecified atom stereocenters. The smallest absolute Gasteiger partial charge is 0.0422 e. The summed E-state index contributed by atoms with van der Waals surface area (Å²) < 4.78 is 0. The van der Waals surface area contributed by atoms with Crippen molar-refractivity contribution in [2.75, 3.05) is 5.32 Å². The molecule has 0 radical (unpaired) electrons. The summed E-state index contributed by atoms with van der Waals surface area (Å²) >= 11 is 0. The molecule has 0 aromatic heterocycles. The number of hydrogen-bond donors (Lipinski definition) is 1. The standard InChI is InChI=1S/C24H35N/c1-7-8-11-18-24(5,6)21-12-9-10-13-22(21)25-20-16-14-19(15-17-20)23(2,3)4/h9-10,12-17,25H,7-8,11,18H2,1-6H3. The summed E-state index contributed by atoms with van der Waals surface area (Å²) in [7, 11) is 0. The molecule has 2 aromatic rings. The fraction of sp³-hybridized carbons (Fsp3) is 0.500. The lowest BCUT2D eigenvalue weighted by molar-refractivity contribution is 0.451. The summed E-state index contributed by atoms with van der Waals surface area (Å²) in [4.78, 5) is 0. The average molecular weight is 338 g/mol. The van der Waals surface area contributed by atoms with Crippen molar-refractivity contribution in [2.45, 2.75) is 78.1 Å². The van der Waals surface area contributed by atoms with Crippen molar-refractivity contribution in [3.8, 4) is 0 Å². The summed E-state index contributed by atoms with van der Waals surface area (Å²) in [6, 6.07) is 17.6. The minimum absolute atomic E-state index is 0.185. The fourth-order valence-corrected chi connectivity index (χ4v) is 3.34. The Bertz CT molecular complexity index is 659. The normalized spacial score (nSPS) is 12.2. The first-order valence-electron chi connectivity index (χ1n) is 9.71. The van der Waals surface area contributed by atoms with Crippen LogP contribution < -0.4 is 5.32 Å². The Morgan fingerprint density at radius 3 is 2.04 bits per heavy atom. The lowest BCUT2D eigenvalue weighted by Crippen LogP contribution is -2.18. The highest BCUT2D eigenvalue weighted by molar-refractivity contribution is 5.65. The van der Waals surface area contributed by atoms with Crippen LogP contribution in [0.1, 0.15) is 78.4 Å². The summed E-state index contributed by atoms with van der Waals surface area (Å²) in [5.41, 5.74) is 5.54. The maximum Gasteiger partial charge on any atom is 0.0422 e. The monoisotopic (exact) mass is 337 g/mol. The molecule has 0 amide bonds. The SMILES string of the molecule is CCCCCC(C)(C)c1ccccc1Nc1ccc(C(C)(C)C)cc1. The number of nitrogens with one attached hydrogen (secondary N) is 1. The Kier molecular flexibility index (Phi) is 6.32. The van der Waals surface area contributed by atoms with Crippen LogP contribution in [0.25, 0.3) is 0 Å². The van der Waals surface area contributed by atoms with E-state index in [2.05, 4.69) is 95.4 Å². The van der Waals surface area contributed by atoms with Gasteiger partial charge >= 0.3 is 0 Å². The van der Waals surface area contributed by atoms with E-state index in [1.807, 2.05) is 0 Å². The molecule has 0 fully saturated rings. The second-order valence-corrected chi connectivity index (χ2v) is 8.84. The largest absolute Gasteiger partial charge is 0.355 e. The average Bonchev–Trinajstić information content (AvgIpc) is 2.55. The molecule has 136 valence electrons. The molecule has 2 rings (SSSR count). The van der Waals surface area contributed by atoms with Gasteiger partial charge < -0.3 is 5.32 Å². The molecule has 2 aromatic carbocycles. The molecule has 0 spiro atoms. The number of unbranched alkanes of at least 4 members (excludes halogenated alkanes) is 2. The highest BCUT2D eigenvalue weighted by Crippen LogP contribution is 2.36. The van der Waals surface area contributed by atoms with Crippen LogP contribution in [0.4, 0.5) is 11.4 Å². The van der Waals surface area contributed by atoms with Gasteiger partial charge in [0.05, 0.1) is 0 Å². The zero-order valence-corrected chi connectivity index (χ0v) is 16.9. The first kappa shape index (κ1) is 19.6. The van der Waals surface area contributed by atoms with Gasteiger partial charge in [-0.25, -0.2) is 0 Å². The van der Waals surface area contributed by atoms with Crippen molar-refractivity contribution in [2.24, 2.45) is 0 Å². The predicted octanol–water partition coefficient (Wildman–Crippen LogP) is 7.59.